The Morgan fingerprint density at radius 1 is 1.29 bits per heavy atom. The smallest absolute Gasteiger partial charge is 0.317 e. The summed E-state index contributed by atoms with van der Waals surface area (Å²) in [4.78, 5) is 13.5. The van der Waals surface area contributed by atoms with E-state index in [2.05, 4.69) is 5.32 Å². The predicted octanol–water partition coefficient (Wildman–Crippen LogP) is 1.77. The molecule has 1 aromatic carbocycles. The minimum Gasteiger partial charge on any atom is -0.394 e. The predicted molar refractivity (Wildman–Crippen MR) is 67.7 cm³/mol. The lowest BCUT2D eigenvalue weighted by atomic mass is 10.1. The number of nitrogens with zero attached hydrogens (tertiary/aromatic N) is 1. The molecule has 2 amide bonds. The highest BCUT2D eigenvalue weighted by molar-refractivity contribution is 5.74. The van der Waals surface area contributed by atoms with Crippen LogP contribution in [0.25, 0.3) is 0 Å². The quantitative estimate of drug-likeness (QED) is 0.818. The van der Waals surface area contributed by atoms with Crippen molar-refractivity contribution in [1.82, 2.24) is 10.2 Å². The molecular weight excluding hydrogens is 216 g/mol. The van der Waals surface area contributed by atoms with Crippen molar-refractivity contribution in [3.63, 3.8) is 0 Å². The Kier molecular flexibility index (Phi) is 5.49. The van der Waals surface area contributed by atoms with Gasteiger partial charge in [0.05, 0.1) is 12.6 Å². The van der Waals surface area contributed by atoms with Crippen LogP contribution in [0.1, 0.15) is 25.5 Å². The lowest BCUT2D eigenvalue weighted by Crippen LogP contribution is -2.42. The minimum absolute atomic E-state index is 0.100. The first kappa shape index (κ1) is 13.5. The number of aliphatic hydroxyl groups excluding tert-OH is 1. The number of urea groups is 1. The fourth-order valence-corrected chi connectivity index (χ4v) is 1.67. The first-order valence-corrected chi connectivity index (χ1v) is 5.94. The molecule has 0 spiro atoms. The molecule has 0 radical (unpaired) electrons. The Hall–Kier alpha value is -1.55. The largest absolute Gasteiger partial charge is 0.394 e. The summed E-state index contributed by atoms with van der Waals surface area (Å²) in [6.07, 6.45) is 0. The van der Waals surface area contributed by atoms with Crippen LogP contribution in [0, 0.1) is 0 Å². The maximum Gasteiger partial charge on any atom is 0.317 e. The van der Waals surface area contributed by atoms with Crippen LogP contribution in [0.3, 0.4) is 0 Å². The van der Waals surface area contributed by atoms with Crippen LogP contribution in [0.5, 0.6) is 0 Å². The molecule has 0 aliphatic rings. The van der Waals surface area contributed by atoms with Crippen molar-refractivity contribution < 1.29 is 9.90 Å². The van der Waals surface area contributed by atoms with E-state index in [9.17, 15) is 9.90 Å². The second kappa shape index (κ2) is 6.91. The summed E-state index contributed by atoms with van der Waals surface area (Å²) >= 11 is 0. The van der Waals surface area contributed by atoms with Crippen LogP contribution in [0.15, 0.2) is 30.3 Å². The first-order valence-electron chi connectivity index (χ1n) is 5.94. The lowest BCUT2D eigenvalue weighted by Gasteiger charge is -2.23. The maximum absolute atomic E-state index is 11.9. The normalized spacial score (nSPS) is 11.9. The first-order chi connectivity index (χ1) is 8.22. The number of amides is 2. The Bertz CT molecular complexity index is 337. The van der Waals surface area contributed by atoms with Crippen molar-refractivity contribution >= 4 is 6.03 Å². The minimum atomic E-state index is -0.343. The number of hydrogen-bond donors (Lipinski definition) is 2. The summed E-state index contributed by atoms with van der Waals surface area (Å²) < 4.78 is 0. The Balaban J connectivity index is 2.68. The van der Waals surface area contributed by atoms with E-state index in [1.54, 1.807) is 4.90 Å². The zero-order chi connectivity index (χ0) is 12.7. The molecule has 0 aromatic heterocycles. The topological polar surface area (TPSA) is 52.6 Å². The SMILES string of the molecule is CCN(CC)C(=O)N[C@@H](CO)c1ccccc1. The monoisotopic (exact) mass is 236 g/mol. The molecule has 0 aliphatic heterocycles. The molecule has 0 bridgehead atoms. The fraction of sp³-hybridized carbons (Fsp3) is 0.462. The Morgan fingerprint density at radius 2 is 1.88 bits per heavy atom. The third kappa shape index (κ3) is 3.75. The summed E-state index contributed by atoms with van der Waals surface area (Å²) in [6.45, 7) is 5.08. The van der Waals surface area contributed by atoms with Gasteiger partial charge in [-0.25, -0.2) is 4.79 Å². The third-order valence-corrected chi connectivity index (χ3v) is 2.73. The van der Waals surface area contributed by atoms with Gasteiger partial charge < -0.3 is 15.3 Å². The molecule has 17 heavy (non-hydrogen) atoms. The van der Waals surface area contributed by atoms with Gasteiger partial charge in [0.15, 0.2) is 0 Å². The Labute approximate surface area is 102 Å². The van der Waals surface area contributed by atoms with Crippen LogP contribution >= 0.6 is 0 Å². The van der Waals surface area contributed by atoms with Crippen molar-refractivity contribution in [2.75, 3.05) is 19.7 Å². The van der Waals surface area contributed by atoms with E-state index in [1.165, 1.54) is 0 Å². The lowest BCUT2D eigenvalue weighted by molar-refractivity contribution is 0.186. The summed E-state index contributed by atoms with van der Waals surface area (Å²) in [5.41, 5.74) is 0.913. The van der Waals surface area contributed by atoms with Gasteiger partial charge in [-0.15, -0.1) is 0 Å². The van der Waals surface area contributed by atoms with Crippen molar-refractivity contribution in [3.8, 4) is 0 Å². The fourth-order valence-electron chi connectivity index (χ4n) is 1.67. The summed E-state index contributed by atoms with van der Waals surface area (Å²) in [7, 11) is 0. The molecule has 4 nitrogen and oxygen atoms in total. The summed E-state index contributed by atoms with van der Waals surface area (Å²) in [5, 5.41) is 12.1. The highest BCUT2D eigenvalue weighted by atomic mass is 16.3. The number of carbonyl (C=O) groups is 1. The number of carbonyl (C=O) groups excluding carboxylic acids is 1. The van der Waals surface area contributed by atoms with Gasteiger partial charge in [-0.3, -0.25) is 0 Å². The van der Waals surface area contributed by atoms with Gasteiger partial charge in [0, 0.05) is 13.1 Å². The van der Waals surface area contributed by atoms with Crippen LogP contribution in [-0.2, 0) is 0 Å². The van der Waals surface area contributed by atoms with Gasteiger partial charge in [0.1, 0.15) is 0 Å². The molecule has 0 saturated carbocycles. The molecule has 1 aromatic rings. The standard InChI is InChI=1S/C13H20N2O2/c1-3-15(4-2)13(17)14-12(10-16)11-8-6-5-7-9-11/h5-9,12,16H,3-4,10H2,1-2H3,(H,14,17)/t12-/m0/s1. The van der Waals surface area contributed by atoms with E-state index in [1.807, 2.05) is 44.2 Å². The number of nitrogens with one attached hydrogen (secondary N) is 1. The molecule has 2 N–H and O–H groups in total. The van der Waals surface area contributed by atoms with E-state index in [0.717, 1.165) is 5.56 Å². The summed E-state index contributed by atoms with van der Waals surface area (Å²) in [5.74, 6) is 0. The average molecular weight is 236 g/mol. The molecule has 0 aliphatic carbocycles. The van der Waals surface area contributed by atoms with Crippen LogP contribution < -0.4 is 5.32 Å². The van der Waals surface area contributed by atoms with Crippen LogP contribution in [0.4, 0.5) is 4.79 Å². The van der Waals surface area contributed by atoms with Crippen molar-refractivity contribution in [3.05, 3.63) is 35.9 Å². The van der Waals surface area contributed by atoms with Gasteiger partial charge >= 0.3 is 6.03 Å². The second-order valence-corrected chi connectivity index (χ2v) is 3.77. The van der Waals surface area contributed by atoms with Crippen LogP contribution in [0.2, 0.25) is 0 Å². The number of hydrogen-bond acceptors (Lipinski definition) is 2. The zero-order valence-corrected chi connectivity index (χ0v) is 10.4. The molecule has 1 atom stereocenters. The molecule has 1 rings (SSSR count). The van der Waals surface area contributed by atoms with E-state index in [0.29, 0.717) is 13.1 Å². The molecule has 0 heterocycles. The van der Waals surface area contributed by atoms with E-state index in [-0.39, 0.29) is 18.7 Å². The summed E-state index contributed by atoms with van der Waals surface area (Å²) in [6, 6.07) is 8.99. The van der Waals surface area contributed by atoms with E-state index >= 15 is 0 Å². The van der Waals surface area contributed by atoms with Gasteiger partial charge in [0.2, 0.25) is 0 Å². The van der Waals surface area contributed by atoms with Gasteiger partial charge in [-0.2, -0.15) is 0 Å². The van der Waals surface area contributed by atoms with Crippen molar-refractivity contribution in [1.29, 1.82) is 0 Å². The number of rotatable bonds is 5. The van der Waals surface area contributed by atoms with Crippen molar-refractivity contribution in [2.24, 2.45) is 0 Å². The molecule has 0 fully saturated rings. The number of aliphatic hydroxyl groups is 1. The maximum atomic E-state index is 11.9. The Morgan fingerprint density at radius 3 is 2.35 bits per heavy atom. The third-order valence-electron chi connectivity index (χ3n) is 2.73. The van der Waals surface area contributed by atoms with Gasteiger partial charge in [0.25, 0.3) is 0 Å². The molecule has 94 valence electrons. The molecule has 0 saturated heterocycles. The van der Waals surface area contributed by atoms with Gasteiger partial charge in [-0.05, 0) is 19.4 Å². The number of benzene rings is 1. The highest BCUT2D eigenvalue weighted by Gasteiger charge is 2.16. The van der Waals surface area contributed by atoms with E-state index < -0.39 is 0 Å². The molecule has 0 unspecified atom stereocenters. The zero-order valence-electron chi connectivity index (χ0n) is 10.4. The highest BCUT2D eigenvalue weighted by Crippen LogP contribution is 2.11. The van der Waals surface area contributed by atoms with E-state index in [4.69, 9.17) is 0 Å². The molecule has 4 heteroatoms. The van der Waals surface area contributed by atoms with Crippen molar-refractivity contribution in [2.45, 2.75) is 19.9 Å². The van der Waals surface area contributed by atoms with Gasteiger partial charge in [-0.1, -0.05) is 30.3 Å². The average Bonchev–Trinajstić information content (AvgIpc) is 2.38. The van der Waals surface area contributed by atoms with Crippen LogP contribution in [-0.4, -0.2) is 35.7 Å². The molecular formula is C13H20N2O2. The second-order valence-electron chi connectivity index (χ2n) is 3.77.